The molecule has 7 aromatic rings. The van der Waals surface area contributed by atoms with E-state index in [9.17, 15) is 0 Å². The van der Waals surface area contributed by atoms with Crippen LogP contribution in [0.4, 0.5) is 0 Å². The Kier molecular flexibility index (Phi) is 5.64. The zero-order chi connectivity index (χ0) is 27.3. The molecule has 4 aromatic carbocycles. The lowest BCUT2D eigenvalue weighted by molar-refractivity contribution is 0.483. The summed E-state index contributed by atoms with van der Waals surface area (Å²) >= 11 is 0. The van der Waals surface area contributed by atoms with Gasteiger partial charge < -0.3 is 9.15 Å². The number of pyridine rings is 2. The molecule has 3 aromatic heterocycles. The van der Waals surface area contributed by atoms with Crippen LogP contribution in [0, 0.1) is 0 Å². The molecule has 0 aliphatic carbocycles. The van der Waals surface area contributed by atoms with E-state index in [1.165, 1.54) is 5.56 Å². The van der Waals surface area contributed by atoms with E-state index in [1.54, 1.807) is 0 Å². The van der Waals surface area contributed by atoms with Gasteiger partial charge in [-0.1, -0.05) is 75.4 Å². The van der Waals surface area contributed by atoms with Crippen LogP contribution in [-0.2, 0) is 5.41 Å². The second kappa shape index (κ2) is 9.35. The highest BCUT2D eigenvalue weighted by Gasteiger charge is 2.17. The number of ether oxygens (including phenoxy) is 1. The minimum atomic E-state index is 0.0517. The molecule has 0 aliphatic heterocycles. The van der Waals surface area contributed by atoms with Crippen LogP contribution in [0.1, 0.15) is 26.3 Å². The van der Waals surface area contributed by atoms with Gasteiger partial charge in [0.25, 0.3) is 0 Å². The molecule has 0 unspecified atom stereocenters. The van der Waals surface area contributed by atoms with Crippen LogP contribution < -0.4 is 4.74 Å². The summed E-state index contributed by atoms with van der Waals surface area (Å²) < 4.78 is 12.8. The van der Waals surface area contributed by atoms with Gasteiger partial charge in [0.1, 0.15) is 22.8 Å². The van der Waals surface area contributed by atoms with Crippen molar-refractivity contribution in [1.29, 1.82) is 0 Å². The average molecular weight is 521 g/mol. The van der Waals surface area contributed by atoms with Gasteiger partial charge >= 0.3 is 0 Å². The van der Waals surface area contributed by atoms with E-state index < -0.39 is 0 Å². The standard InChI is InChI=1S/C36H28N2O2/c1-36(2,3)26-16-18-37-32(22-26)24-9-6-11-27(20-24)39-28-12-7-10-25(21-28)33-35-31(17-19-38-33)30-15-14-23-8-4-5-13-29(23)34(30)40-35/h4-22H,1-3H3. The van der Waals surface area contributed by atoms with Crippen molar-refractivity contribution >= 4 is 32.7 Å². The second-order valence-corrected chi connectivity index (χ2v) is 11.1. The number of aromatic nitrogens is 2. The van der Waals surface area contributed by atoms with Gasteiger partial charge in [0.05, 0.1) is 5.69 Å². The first kappa shape index (κ1) is 24.1. The molecule has 0 atom stereocenters. The predicted octanol–water partition coefficient (Wildman–Crippen LogP) is 9.95. The van der Waals surface area contributed by atoms with Gasteiger partial charge in [0.2, 0.25) is 0 Å². The summed E-state index contributed by atoms with van der Waals surface area (Å²) in [4.78, 5) is 9.34. The third-order valence-corrected chi connectivity index (χ3v) is 7.38. The van der Waals surface area contributed by atoms with Gasteiger partial charge in [-0.2, -0.15) is 0 Å². The van der Waals surface area contributed by atoms with Crippen LogP contribution in [0.2, 0.25) is 0 Å². The Morgan fingerprint density at radius 3 is 2.15 bits per heavy atom. The first-order chi connectivity index (χ1) is 19.4. The normalized spacial score (nSPS) is 11.9. The molecule has 0 radical (unpaired) electrons. The smallest absolute Gasteiger partial charge is 0.161 e. The molecule has 4 nitrogen and oxygen atoms in total. The van der Waals surface area contributed by atoms with Crippen molar-refractivity contribution in [3.63, 3.8) is 0 Å². The van der Waals surface area contributed by atoms with Gasteiger partial charge in [0, 0.05) is 39.7 Å². The number of fused-ring (bicyclic) bond motifs is 5. The molecular weight excluding hydrogens is 492 g/mol. The second-order valence-electron chi connectivity index (χ2n) is 11.1. The summed E-state index contributed by atoms with van der Waals surface area (Å²) in [5.74, 6) is 1.48. The summed E-state index contributed by atoms with van der Waals surface area (Å²) in [5.41, 5.74) is 6.63. The average Bonchev–Trinajstić information content (AvgIpc) is 3.37. The Morgan fingerprint density at radius 1 is 0.600 bits per heavy atom. The molecule has 0 saturated carbocycles. The minimum absolute atomic E-state index is 0.0517. The maximum Gasteiger partial charge on any atom is 0.161 e. The first-order valence-electron chi connectivity index (χ1n) is 13.5. The summed E-state index contributed by atoms with van der Waals surface area (Å²) in [7, 11) is 0. The van der Waals surface area contributed by atoms with Crippen LogP contribution in [0.25, 0.3) is 55.2 Å². The van der Waals surface area contributed by atoms with Gasteiger partial charge in [-0.15, -0.1) is 0 Å². The predicted molar refractivity (Wildman–Crippen MR) is 163 cm³/mol. The van der Waals surface area contributed by atoms with Gasteiger partial charge in [-0.05, 0) is 64.9 Å². The van der Waals surface area contributed by atoms with Gasteiger partial charge in [-0.3, -0.25) is 9.97 Å². The fourth-order valence-electron chi connectivity index (χ4n) is 5.25. The van der Waals surface area contributed by atoms with Crippen molar-refractivity contribution < 1.29 is 9.15 Å². The molecule has 0 N–H and O–H groups in total. The lowest BCUT2D eigenvalue weighted by Gasteiger charge is -2.19. The van der Waals surface area contributed by atoms with Crippen molar-refractivity contribution in [1.82, 2.24) is 9.97 Å². The fourth-order valence-corrected chi connectivity index (χ4v) is 5.25. The van der Waals surface area contributed by atoms with E-state index in [2.05, 4.69) is 68.2 Å². The van der Waals surface area contributed by atoms with Crippen molar-refractivity contribution in [2.24, 2.45) is 0 Å². The monoisotopic (exact) mass is 520 g/mol. The van der Waals surface area contributed by atoms with Crippen LogP contribution in [-0.4, -0.2) is 9.97 Å². The van der Waals surface area contributed by atoms with E-state index in [0.29, 0.717) is 0 Å². The van der Waals surface area contributed by atoms with Gasteiger partial charge in [-0.25, -0.2) is 0 Å². The fraction of sp³-hybridized carbons (Fsp3) is 0.111. The molecule has 0 aliphatic rings. The van der Waals surface area contributed by atoms with E-state index in [0.717, 1.165) is 66.7 Å². The van der Waals surface area contributed by atoms with Crippen molar-refractivity contribution in [3.05, 3.63) is 121 Å². The van der Waals surface area contributed by atoms with E-state index in [4.69, 9.17) is 14.1 Å². The van der Waals surface area contributed by atoms with Crippen molar-refractivity contribution in [3.8, 4) is 34.0 Å². The molecule has 40 heavy (non-hydrogen) atoms. The Bertz CT molecular complexity index is 2030. The summed E-state index contributed by atoms with van der Waals surface area (Å²) in [6, 6.07) is 34.9. The highest BCUT2D eigenvalue weighted by Crippen LogP contribution is 2.38. The Morgan fingerprint density at radius 2 is 1.32 bits per heavy atom. The van der Waals surface area contributed by atoms with Crippen molar-refractivity contribution in [2.75, 3.05) is 0 Å². The maximum absolute atomic E-state index is 6.50. The largest absolute Gasteiger partial charge is 0.457 e. The molecule has 7 rings (SSSR count). The van der Waals surface area contributed by atoms with Crippen molar-refractivity contribution in [2.45, 2.75) is 26.2 Å². The topological polar surface area (TPSA) is 48.2 Å². The summed E-state index contributed by atoms with van der Waals surface area (Å²) in [6.45, 7) is 6.63. The maximum atomic E-state index is 6.50. The minimum Gasteiger partial charge on any atom is -0.457 e. The van der Waals surface area contributed by atoms with E-state index in [1.807, 2.05) is 73.1 Å². The van der Waals surface area contributed by atoms with E-state index >= 15 is 0 Å². The highest BCUT2D eigenvalue weighted by molar-refractivity contribution is 6.16. The molecule has 0 spiro atoms. The Labute approximate surface area is 232 Å². The highest BCUT2D eigenvalue weighted by atomic mass is 16.5. The van der Waals surface area contributed by atoms with Crippen LogP contribution in [0.5, 0.6) is 11.5 Å². The lowest BCUT2D eigenvalue weighted by Crippen LogP contribution is -2.11. The van der Waals surface area contributed by atoms with Crippen LogP contribution in [0.15, 0.2) is 120 Å². The number of hydrogen-bond acceptors (Lipinski definition) is 4. The number of hydrogen-bond donors (Lipinski definition) is 0. The first-order valence-corrected chi connectivity index (χ1v) is 13.5. The number of benzene rings is 4. The Hall–Kier alpha value is -4.96. The van der Waals surface area contributed by atoms with Gasteiger partial charge in [0.15, 0.2) is 5.58 Å². The molecule has 0 fully saturated rings. The number of nitrogens with zero attached hydrogens (tertiary/aromatic N) is 2. The zero-order valence-corrected chi connectivity index (χ0v) is 22.7. The molecule has 194 valence electrons. The molecular formula is C36H28N2O2. The number of rotatable bonds is 4. The molecule has 0 bridgehead atoms. The Balaban J connectivity index is 1.25. The third-order valence-electron chi connectivity index (χ3n) is 7.38. The van der Waals surface area contributed by atoms with E-state index in [-0.39, 0.29) is 5.41 Å². The molecule has 0 saturated heterocycles. The lowest BCUT2D eigenvalue weighted by atomic mass is 9.87. The summed E-state index contributed by atoms with van der Waals surface area (Å²) in [6.07, 6.45) is 3.72. The molecule has 4 heteroatoms. The SMILES string of the molecule is CC(C)(C)c1ccnc(-c2cccc(Oc3cccc(-c4nccc5c4oc4c6ccccc6ccc54)c3)c2)c1. The molecule has 0 amide bonds. The third kappa shape index (κ3) is 4.28. The van der Waals surface area contributed by atoms with Crippen LogP contribution >= 0.6 is 0 Å². The van der Waals surface area contributed by atoms with Crippen LogP contribution in [0.3, 0.4) is 0 Å². The molecule has 3 heterocycles. The zero-order valence-electron chi connectivity index (χ0n) is 22.7. The quantitative estimate of drug-likeness (QED) is 0.232. The summed E-state index contributed by atoms with van der Waals surface area (Å²) in [5, 5.41) is 4.39. The number of furan rings is 1.